The zero-order valence-corrected chi connectivity index (χ0v) is 14.3. The zero-order valence-electron chi connectivity index (χ0n) is 10.8. The number of hydrogen-bond donors (Lipinski definition) is 0. The van der Waals surface area contributed by atoms with Crippen molar-refractivity contribution in [2.24, 2.45) is 0 Å². The zero-order chi connectivity index (χ0) is 12.8. The summed E-state index contributed by atoms with van der Waals surface area (Å²) in [4.78, 5) is 0. The predicted molar refractivity (Wildman–Crippen MR) is 81.3 cm³/mol. The van der Waals surface area contributed by atoms with Gasteiger partial charge in [-0.15, -0.1) is 0 Å². The van der Waals surface area contributed by atoms with Crippen LogP contribution in [0.25, 0.3) is 0 Å². The first-order valence-corrected chi connectivity index (χ1v) is 12.8. The third kappa shape index (κ3) is 4.63. The molecule has 0 saturated carbocycles. The molecule has 0 aromatic heterocycles. The fraction of sp³-hybridized carbons (Fsp3) is 0.250. The molecule has 0 N–H and O–H groups in total. The van der Waals surface area contributed by atoms with Crippen molar-refractivity contribution >= 4 is 26.3 Å². The summed E-state index contributed by atoms with van der Waals surface area (Å²) in [5.41, 5.74) is 5.73. The third-order valence-electron chi connectivity index (χ3n) is 2.78. The van der Waals surface area contributed by atoms with Crippen LogP contribution in [0.15, 0.2) is 48.5 Å². The molecule has 0 fully saturated rings. The van der Waals surface area contributed by atoms with Crippen LogP contribution >= 0.6 is 0 Å². The van der Waals surface area contributed by atoms with Gasteiger partial charge in [0, 0.05) is 0 Å². The third-order valence-corrected chi connectivity index (χ3v) is 9.41. The normalized spacial score (nSPS) is 10.6. The van der Waals surface area contributed by atoms with E-state index in [2.05, 4.69) is 62.4 Å². The van der Waals surface area contributed by atoms with Crippen LogP contribution in [0.3, 0.4) is 0 Å². The quantitative estimate of drug-likeness (QED) is 0.561. The van der Waals surface area contributed by atoms with Crippen molar-refractivity contribution in [1.29, 1.82) is 0 Å². The minimum absolute atomic E-state index is 0.785. The second-order valence-corrected chi connectivity index (χ2v) is 11.8. The Hall–Kier alpha value is -0.521. The number of hydrogen-bond acceptors (Lipinski definition) is 0. The van der Waals surface area contributed by atoms with Gasteiger partial charge in [0.1, 0.15) is 0 Å². The molecule has 0 atom stereocenters. The fourth-order valence-corrected chi connectivity index (χ4v) is 8.10. The molecule has 0 aliphatic heterocycles. The first-order chi connectivity index (χ1) is 8.74. The van der Waals surface area contributed by atoms with Gasteiger partial charge in [-0.25, -0.2) is 0 Å². The van der Waals surface area contributed by atoms with Crippen molar-refractivity contribution < 1.29 is 0 Å². The molecule has 0 aliphatic carbocycles. The van der Waals surface area contributed by atoms with Gasteiger partial charge in [0.05, 0.1) is 0 Å². The molecular formula is C16H18Se2. The summed E-state index contributed by atoms with van der Waals surface area (Å²) in [6.07, 6.45) is 0. The standard InChI is InChI=1S/C16H18Se2/c1-13-3-7-15(8-4-13)11-17-18-12-16-9-5-14(2)6-10-16/h3-10H,11-12H2,1-2H3. The van der Waals surface area contributed by atoms with Gasteiger partial charge >= 0.3 is 122 Å². The number of aryl methyl sites for hydroxylation is 2. The van der Waals surface area contributed by atoms with Gasteiger partial charge in [-0.05, 0) is 0 Å². The number of benzene rings is 2. The average Bonchev–Trinajstić information content (AvgIpc) is 2.39. The van der Waals surface area contributed by atoms with Crippen molar-refractivity contribution in [1.82, 2.24) is 0 Å². The van der Waals surface area contributed by atoms with Gasteiger partial charge in [-0.3, -0.25) is 0 Å². The van der Waals surface area contributed by atoms with Crippen molar-refractivity contribution in [3.63, 3.8) is 0 Å². The summed E-state index contributed by atoms with van der Waals surface area (Å²) in [6, 6.07) is 18.0. The van der Waals surface area contributed by atoms with Gasteiger partial charge in [-0.2, -0.15) is 0 Å². The van der Waals surface area contributed by atoms with Crippen molar-refractivity contribution in [3.8, 4) is 0 Å². The molecule has 0 spiro atoms. The van der Waals surface area contributed by atoms with Gasteiger partial charge in [0.15, 0.2) is 0 Å². The summed E-state index contributed by atoms with van der Waals surface area (Å²) in [7, 11) is 0. The van der Waals surface area contributed by atoms with E-state index in [1.54, 1.807) is 0 Å². The molecule has 2 rings (SSSR count). The Bertz CT molecular complexity index is 424. The Morgan fingerprint density at radius 3 is 1.28 bits per heavy atom. The van der Waals surface area contributed by atoms with E-state index >= 15 is 0 Å². The van der Waals surface area contributed by atoms with Crippen LogP contribution in [0.2, 0.25) is 0 Å². The fourth-order valence-electron chi connectivity index (χ4n) is 1.59. The van der Waals surface area contributed by atoms with E-state index in [9.17, 15) is 0 Å². The SMILES string of the molecule is Cc1ccc(C[Se][Se]Cc2ccc(C)cc2)cc1. The Morgan fingerprint density at radius 1 is 0.611 bits per heavy atom. The molecule has 2 heteroatoms. The topological polar surface area (TPSA) is 0 Å². The van der Waals surface area contributed by atoms with Gasteiger partial charge < -0.3 is 0 Å². The molecule has 0 radical (unpaired) electrons. The van der Waals surface area contributed by atoms with Crippen molar-refractivity contribution in [2.75, 3.05) is 0 Å². The number of rotatable bonds is 5. The summed E-state index contributed by atoms with van der Waals surface area (Å²) in [5.74, 6) is 0. The van der Waals surface area contributed by atoms with E-state index in [0.29, 0.717) is 0 Å². The van der Waals surface area contributed by atoms with E-state index < -0.39 is 0 Å². The van der Waals surface area contributed by atoms with Crippen molar-refractivity contribution in [2.45, 2.75) is 24.5 Å². The summed E-state index contributed by atoms with van der Waals surface area (Å²) in [5, 5.41) is 2.58. The van der Waals surface area contributed by atoms with E-state index in [1.165, 1.54) is 32.9 Å². The van der Waals surface area contributed by atoms with E-state index in [4.69, 9.17) is 0 Å². The summed E-state index contributed by atoms with van der Waals surface area (Å²) >= 11 is 1.57. The van der Waals surface area contributed by atoms with Crippen LogP contribution in [-0.2, 0) is 10.6 Å². The molecule has 0 saturated heterocycles. The average molecular weight is 368 g/mol. The van der Waals surface area contributed by atoms with Crippen molar-refractivity contribution in [3.05, 3.63) is 70.8 Å². The second-order valence-electron chi connectivity index (χ2n) is 4.50. The molecule has 0 heterocycles. The monoisotopic (exact) mass is 370 g/mol. The molecule has 18 heavy (non-hydrogen) atoms. The molecule has 0 nitrogen and oxygen atoms in total. The molecule has 0 unspecified atom stereocenters. The van der Waals surface area contributed by atoms with E-state index in [-0.39, 0.29) is 0 Å². The van der Waals surface area contributed by atoms with E-state index in [1.807, 2.05) is 0 Å². The van der Waals surface area contributed by atoms with Crippen LogP contribution < -0.4 is 0 Å². The van der Waals surface area contributed by atoms with Crippen LogP contribution in [0, 0.1) is 13.8 Å². The predicted octanol–water partition coefficient (Wildman–Crippen LogP) is 3.33. The molecule has 2 aromatic rings. The molecule has 0 aliphatic rings. The van der Waals surface area contributed by atoms with Gasteiger partial charge in [0.2, 0.25) is 0 Å². The molecule has 0 amide bonds. The Kier molecular flexibility index (Phi) is 5.53. The molecule has 2 aromatic carbocycles. The maximum atomic E-state index is 2.28. The van der Waals surface area contributed by atoms with Crippen LogP contribution in [-0.4, -0.2) is 26.3 Å². The summed E-state index contributed by atoms with van der Waals surface area (Å²) < 4.78 is 0. The van der Waals surface area contributed by atoms with Crippen LogP contribution in [0.5, 0.6) is 0 Å². The van der Waals surface area contributed by atoms with Crippen LogP contribution in [0.4, 0.5) is 0 Å². The Labute approximate surface area is 121 Å². The maximum absolute atomic E-state index is 2.28. The van der Waals surface area contributed by atoms with Gasteiger partial charge in [-0.1, -0.05) is 0 Å². The molecule has 0 bridgehead atoms. The first-order valence-electron chi connectivity index (χ1n) is 6.09. The molecule has 94 valence electrons. The molecular weight excluding hydrogens is 350 g/mol. The second kappa shape index (κ2) is 7.16. The Balaban J connectivity index is 1.73. The first kappa shape index (κ1) is 13.9. The summed E-state index contributed by atoms with van der Waals surface area (Å²) in [6.45, 7) is 4.30. The Morgan fingerprint density at radius 2 is 0.944 bits per heavy atom. The van der Waals surface area contributed by atoms with Gasteiger partial charge in [0.25, 0.3) is 0 Å². The minimum atomic E-state index is 0.785. The van der Waals surface area contributed by atoms with Crippen LogP contribution in [0.1, 0.15) is 22.3 Å². The van der Waals surface area contributed by atoms with E-state index in [0.717, 1.165) is 26.3 Å².